The van der Waals surface area contributed by atoms with Crippen LogP contribution in [0.2, 0.25) is 0 Å². The van der Waals surface area contributed by atoms with Crippen LogP contribution in [0.25, 0.3) is 0 Å². The fourth-order valence-electron chi connectivity index (χ4n) is 4.20. The highest BCUT2D eigenvalue weighted by Gasteiger charge is 2.36. The summed E-state index contributed by atoms with van der Waals surface area (Å²) in [6, 6.07) is 15.6. The Hall–Kier alpha value is -3.35. The first kappa shape index (κ1) is 30.9. The predicted molar refractivity (Wildman–Crippen MR) is 152 cm³/mol. The van der Waals surface area contributed by atoms with E-state index in [1.807, 2.05) is 61.5 Å². The van der Waals surface area contributed by atoms with Crippen molar-refractivity contribution in [3.63, 3.8) is 0 Å². The molecule has 38 heavy (non-hydrogen) atoms. The van der Waals surface area contributed by atoms with Gasteiger partial charge in [0.25, 0.3) is 0 Å². The van der Waals surface area contributed by atoms with E-state index < -0.39 is 23.8 Å². The van der Waals surface area contributed by atoms with E-state index in [-0.39, 0.29) is 18.2 Å². The van der Waals surface area contributed by atoms with Gasteiger partial charge in [-0.25, -0.2) is 4.79 Å². The molecule has 0 aliphatic carbocycles. The number of nitrogens with zero attached hydrogens (tertiary/aromatic N) is 1. The van der Waals surface area contributed by atoms with Crippen molar-refractivity contribution in [1.82, 2.24) is 15.5 Å². The molecule has 2 N–H and O–H groups in total. The summed E-state index contributed by atoms with van der Waals surface area (Å²) in [5.74, 6) is -0.544. The van der Waals surface area contributed by atoms with Crippen LogP contribution in [-0.4, -0.2) is 47.5 Å². The van der Waals surface area contributed by atoms with Crippen LogP contribution in [0, 0.1) is 0 Å². The molecule has 0 saturated carbocycles. The van der Waals surface area contributed by atoms with Gasteiger partial charge in [0, 0.05) is 19.5 Å². The van der Waals surface area contributed by atoms with Gasteiger partial charge in [-0.3, -0.25) is 9.59 Å². The van der Waals surface area contributed by atoms with Crippen LogP contribution in [0.1, 0.15) is 83.5 Å². The first-order valence-electron chi connectivity index (χ1n) is 13.8. The van der Waals surface area contributed by atoms with Gasteiger partial charge >= 0.3 is 6.09 Å². The van der Waals surface area contributed by atoms with Crippen LogP contribution in [0.3, 0.4) is 0 Å². The Bertz CT molecular complexity index is 1020. The first-order chi connectivity index (χ1) is 18.1. The van der Waals surface area contributed by atoms with Crippen molar-refractivity contribution in [1.29, 1.82) is 0 Å². The summed E-state index contributed by atoms with van der Waals surface area (Å²) in [5, 5.41) is 5.81. The topological polar surface area (TPSA) is 87.7 Å². The molecule has 2 unspecified atom stereocenters. The van der Waals surface area contributed by atoms with Crippen LogP contribution >= 0.6 is 0 Å². The molecular weight excluding hydrogens is 478 g/mol. The van der Waals surface area contributed by atoms with Crippen LogP contribution in [0.15, 0.2) is 54.6 Å². The van der Waals surface area contributed by atoms with Crippen LogP contribution in [0.4, 0.5) is 4.79 Å². The van der Waals surface area contributed by atoms with Gasteiger partial charge in [-0.15, -0.1) is 0 Å². The lowest BCUT2D eigenvalue weighted by Crippen LogP contribution is -2.54. The van der Waals surface area contributed by atoms with E-state index >= 15 is 0 Å². The Morgan fingerprint density at radius 3 is 2.11 bits per heavy atom. The highest BCUT2D eigenvalue weighted by molar-refractivity contribution is 5.92. The van der Waals surface area contributed by atoms with E-state index in [0.717, 1.165) is 36.0 Å². The molecule has 7 heteroatoms. The first-order valence-corrected chi connectivity index (χ1v) is 13.8. The molecule has 0 aliphatic rings. The van der Waals surface area contributed by atoms with E-state index in [1.54, 1.807) is 25.7 Å². The molecule has 0 fully saturated rings. The molecule has 3 amide bonds. The van der Waals surface area contributed by atoms with Gasteiger partial charge in [-0.1, -0.05) is 81.8 Å². The zero-order valence-corrected chi connectivity index (χ0v) is 23.9. The number of alkyl carbamates (subject to hydrolysis) is 1. The second kappa shape index (κ2) is 15.2. The Morgan fingerprint density at radius 1 is 0.895 bits per heavy atom. The number of hydrogen-bond acceptors (Lipinski definition) is 4. The minimum atomic E-state index is -0.903. The average Bonchev–Trinajstić information content (AvgIpc) is 2.87. The highest BCUT2D eigenvalue weighted by atomic mass is 16.6. The second-order valence-corrected chi connectivity index (χ2v) is 10.6. The number of carbonyl (C=O) groups is 3. The molecule has 2 rings (SSSR count). The number of benzene rings is 2. The molecule has 0 heterocycles. The van der Waals surface area contributed by atoms with E-state index in [2.05, 4.69) is 24.5 Å². The quantitative estimate of drug-likeness (QED) is 0.336. The number of aryl methyl sites for hydroxylation is 1. The maximum atomic E-state index is 14.2. The third-order valence-corrected chi connectivity index (χ3v) is 6.11. The largest absolute Gasteiger partial charge is 0.444 e. The molecule has 0 aromatic heterocycles. The number of nitrogens with one attached hydrogen (secondary N) is 2. The molecule has 2 aromatic rings. The van der Waals surface area contributed by atoms with Gasteiger partial charge in [-0.05, 0) is 56.7 Å². The van der Waals surface area contributed by atoms with Gasteiger partial charge in [0.15, 0.2) is 0 Å². The number of rotatable bonds is 13. The fraction of sp³-hybridized carbons (Fsp3) is 0.516. The van der Waals surface area contributed by atoms with Crippen molar-refractivity contribution >= 4 is 17.9 Å². The van der Waals surface area contributed by atoms with Crippen LogP contribution < -0.4 is 10.6 Å². The number of carbonyl (C=O) groups excluding carboxylic acids is 3. The summed E-state index contributed by atoms with van der Waals surface area (Å²) in [6.45, 7) is 12.4. The summed E-state index contributed by atoms with van der Waals surface area (Å²) >= 11 is 0. The lowest BCUT2D eigenvalue weighted by molar-refractivity contribution is -0.142. The van der Waals surface area contributed by atoms with Gasteiger partial charge < -0.3 is 20.3 Å². The Balaban J connectivity index is 2.47. The highest BCUT2D eigenvalue weighted by Crippen LogP contribution is 2.24. The molecule has 0 saturated heterocycles. The van der Waals surface area contributed by atoms with Crippen molar-refractivity contribution < 1.29 is 19.1 Å². The lowest BCUT2D eigenvalue weighted by Gasteiger charge is -2.34. The van der Waals surface area contributed by atoms with E-state index in [9.17, 15) is 14.4 Å². The third-order valence-electron chi connectivity index (χ3n) is 6.11. The average molecular weight is 524 g/mol. The molecular formula is C31H45N3O4. The lowest BCUT2D eigenvalue weighted by atomic mass is 9.98. The van der Waals surface area contributed by atoms with Crippen molar-refractivity contribution in [3.05, 3.63) is 71.3 Å². The molecule has 0 radical (unpaired) electrons. The summed E-state index contributed by atoms with van der Waals surface area (Å²) in [5.41, 5.74) is 2.08. The number of unbranched alkanes of at least 4 members (excludes halogenated alkanes) is 1. The molecule has 2 aromatic carbocycles. The minimum absolute atomic E-state index is 0.222. The smallest absolute Gasteiger partial charge is 0.408 e. The second-order valence-electron chi connectivity index (χ2n) is 10.6. The molecule has 208 valence electrons. The van der Waals surface area contributed by atoms with Gasteiger partial charge in [-0.2, -0.15) is 0 Å². The van der Waals surface area contributed by atoms with E-state index in [1.165, 1.54) is 0 Å². The molecule has 2 atom stereocenters. The standard InChI is InChI=1S/C31H45N3O4/c1-7-10-20-32-28(35)27(25-18-16-23(9-3)17-19-25)34(21-8-2)29(36)26(22-24-14-12-11-13-15-24)33-30(37)38-31(4,5)6/h11-19,26-27H,7-10,20-22H2,1-6H3,(H,32,35)(H,33,37). The SMILES string of the molecule is CCCCNC(=O)C(c1ccc(CC)cc1)N(CCC)C(=O)C(Cc1ccccc1)NC(=O)OC(C)(C)C. The van der Waals surface area contributed by atoms with Crippen molar-refractivity contribution in [2.45, 2.75) is 91.3 Å². The number of hydrogen-bond donors (Lipinski definition) is 2. The van der Waals surface area contributed by atoms with Gasteiger partial charge in [0.05, 0.1) is 0 Å². The Labute approximate surface area is 228 Å². The summed E-state index contributed by atoms with van der Waals surface area (Å²) in [4.78, 5) is 42.1. The Kier molecular flexibility index (Phi) is 12.3. The summed E-state index contributed by atoms with van der Waals surface area (Å²) < 4.78 is 5.48. The van der Waals surface area contributed by atoms with Crippen molar-refractivity contribution in [3.8, 4) is 0 Å². The maximum Gasteiger partial charge on any atom is 0.408 e. The van der Waals surface area contributed by atoms with Crippen LogP contribution in [0.5, 0.6) is 0 Å². The van der Waals surface area contributed by atoms with Gasteiger partial charge in [0.2, 0.25) is 11.8 Å². The Morgan fingerprint density at radius 2 is 1.55 bits per heavy atom. The molecule has 0 spiro atoms. The zero-order chi connectivity index (χ0) is 28.1. The zero-order valence-electron chi connectivity index (χ0n) is 23.9. The number of ether oxygens (including phenoxy) is 1. The molecule has 7 nitrogen and oxygen atoms in total. The third kappa shape index (κ3) is 9.84. The van der Waals surface area contributed by atoms with Gasteiger partial charge in [0.1, 0.15) is 17.7 Å². The van der Waals surface area contributed by atoms with Crippen molar-refractivity contribution in [2.75, 3.05) is 13.1 Å². The monoisotopic (exact) mass is 523 g/mol. The van der Waals surface area contributed by atoms with E-state index in [0.29, 0.717) is 19.5 Å². The number of amides is 3. The van der Waals surface area contributed by atoms with Crippen molar-refractivity contribution in [2.24, 2.45) is 0 Å². The maximum absolute atomic E-state index is 14.2. The van der Waals surface area contributed by atoms with Crippen LogP contribution in [-0.2, 0) is 27.2 Å². The summed E-state index contributed by atoms with van der Waals surface area (Å²) in [6.07, 6.45) is 2.95. The predicted octanol–water partition coefficient (Wildman–Crippen LogP) is 5.58. The summed E-state index contributed by atoms with van der Waals surface area (Å²) in [7, 11) is 0. The van der Waals surface area contributed by atoms with E-state index in [4.69, 9.17) is 4.74 Å². The molecule has 0 bridgehead atoms. The fourth-order valence-corrected chi connectivity index (χ4v) is 4.20. The molecule has 0 aliphatic heterocycles. The minimum Gasteiger partial charge on any atom is -0.444 e. The normalized spacial score (nSPS) is 12.8.